The van der Waals surface area contributed by atoms with Crippen molar-refractivity contribution in [1.82, 2.24) is 10.0 Å². The molecule has 2 aromatic carbocycles. The Labute approximate surface area is 153 Å². The highest BCUT2D eigenvalue weighted by atomic mass is 32.2. The molecule has 0 saturated heterocycles. The van der Waals surface area contributed by atoms with Gasteiger partial charge in [0, 0.05) is 19.5 Å². The molecule has 0 aliphatic carbocycles. The van der Waals surface area contributed by atoms with Gasteiger partial charge in [0.2, 0.25) is 15.9 Å². The van der Waals surface area contributed by atoms with E-state index in [2.05, 4.69) is 10.0 Å². The summed E-state index contributed by atoms with van der Waals surface area (Å²) in [5, 5.41) is 2.68. The molecule has 2 N–H and O–H groups in total. The summed E-state index contributed by atoms with van der Waals surface area (Å²) in [7, 11) is -3.68. The Hall–Kier alpha value is -2.25. The SMILES string of the molecule is Cc1cc(C)c(S(=O)(=O)NCCC(=O)NCc2ccc(F)cc2)c(C)c1. The second kappa shape index (κ2) is 8.42. The van der Waals surface area contributed by atoms with E-state index < -0.39 is 10.0 Å². The van der Waals surface area contributed by atoms with Gasteiger partial charge in [-0.15, -0.1) is 0 Å². The highest BCUT2D eigenvalue weighted by Crippen LogP contribution is 2.21. The van der Waals surface area contributed by atoms with E-state index in [0.29, 0.717) is 11.1 Å². The number of hydrogen-bond acceptors (Lipinski definition) is 3. The Balaban J connectivity index is 1.88. The molecule has 0 bridgehead atoms. The maximum absolute atomic E-state index is 12.8. The van der Waals surface area contributed by atoms with Crippen LogP contribution in [0.2, 0.25) is 0 Å². The summed E-state index contributed by atoms with van der Waals surface area (Å²) in [6.45, 7) is 5.69. The Bertz CT molecular complexity index is 870. The van der Waals surface area contributed by atoms with Crippen LogP contribution in [0.15, 0.2) is 41.3 Å². The molecule has 0 saturated carbocycles. The van der Waals surface area contributed by atoms with E-state index in [1.807, 2.05) is 19.1 Å². The monoisotopic (exact) mass is 378 g/mol. The van der Waals surface area contributed by atoms with E-state index in [-0.39, 0.29) is 36.1 Å². The largest absolute Gasteiger partial charge is 0.352 e. The number of carbonyl (C=O) groups is 1. The zero-order chi connectivity index (χ0) is 19.3. The van der Waals surface area contributed by atoms with Crippen LogP contribution in [-0.2, 0) is 21.4 Å². The Morgan fingerprint density at radius 2 is 1.62 bits per heavy atom. The minimum Gasteiger partial charge on any atom is -0.352 e. The van der Waals surface area contributed by atoms with Crippen molar-refractivity contribution in [2.45, 2.75) is 38.6 Å². The number of amides is 1. The fraction of sp³-hybridized carbons (Fsp3) is 0.316. The van der Waals surface area contributed by atoms with Gasteiger partial charge in [0.05, 0.1) is 4.90 Å². The van der Waals surface area contributed by atoms with Crippen LogP contribution in [0.25, 0.3) is 0 Å². The summed E-state index contributed by atoms with van der Waals surface area (Å²) < 4.78 is 40.3. The number of rotatable bonds is 7. The third kappa shape index (κ3) is 5.37. The lowest BCUT2D eigenvalue weighted by atomic mass is 10.1. The molecule has 5 nitrogen and oxygen atoms in total. The molecule has 0 aliphatic rings. The van der Waals surface area contributed by atoms with Gasteiger partial charge in [-0.05, 0) is 49.6 Å². The number of carbonyl (C=O) groups excluding carboxylic acids is 1. The van der Waals surface area contributed by atoms with Gasteiger partial charge in [0.25, 0.3) is 0 Å². The molecular weight excluding hydrogens is 355 g/mol. The number of benzene rings is 2. The van der Waals surface area contributed by atoms with Gasteiger partial charge in [-0.3, -0.25) is 4.79 Å². The number of hydrogen-bond donors (Lipinski definition) is 2. The van der Waals surface area contributed by atoms with E-state index >= 15 is 0 Å². The molecule has 7 heteroatoms. The molecule has 0 fully saturated rings. The first-order valence-corrected chi connectivity index (χ1v) is 9.76. The predicted molar refractivity (Wildman–Crippen MR) is 98.7 cm³/mol. The van der Waals surface area contributed by atoms with Crippen LogP contribution in [-0.4, -0.2) is 20.9 Å². The fourth-order valence-electron chi connectivity index (χ4n) is 2.85. The van der Waals surface area contributed by atoms with E-state index in [1.165, 1.54) is 12.1 Å². The summed E-state index contributed by atoms with van der Waals surface area (Å²) in [6, 6.07) is 9.44. The first-order chi connectivity index (χ1) is 12.2. The normalized spacial score (nSPS) is 11.4. The maximum atomic E-state index is 12.8. The highest BCUT2D eigenvalue weighted by molar-refractivity contribution is 7.89. The van der Waals surface area contributed by atoms with Crippen molar-refractivity contribution in [3.8, 4) is 0 Å². The van der Waals surface area contributed by atoms with Crippen molar-refractivity contribution in [2.24, 2.45) is 0 Å². The van der Waals surface area contributed by atoms with Crippen LogP contribution in [0, 0.1) is 26.6 Å². The third-order valence-corrected chi connectivity index (χ3v) is 5.69. The third-order valence-electron chi connectivity index (χ3n) is 3.92. The molecule has 26 heavy (non-hydrogen) atoms. The fourth-order valence-corrected chi connectivity index (χ4v) is 4.33. The van der Waals surface area contributed by atoms with Crippen LogP contribution in [0.1, 0.15) is 28.7 Å². The molecular formula is C19H23FN2O3S. The number of aryl methyl sites for hydroxylation is 3. The molecule has 0 heterocycles. The van der Waals surface area contributed by atoms with E-state index in [4.69, 9.17) is 0 Å². The van der Waals surface area contributed by atoms with Gasteiger partial charge in [0.15, 0.2) is 0 Å². The molecule has 0 aliphatic heterocycles. The minimum absolute atomic E-state index is 0.00431. The molecule has 2 aromatic rings. The quantitative estimate of drug-likeness (QED) is 0.778. The van der Waals surface area contributed by atoms with Gasteiger partial charge >= 0.3 is 0 Å². The van der Waals surface area contributed by atoms with Gasteiger partial charge in [-0.2, -0.15) is 0 Å². The molecule has 0 aromatic heterocycles. The maximum Gasteiger partial charge on any atom is 0.241 e. The molecule has 140 valence electrons. The van der Waals surface area contributed by atoms with Gasteiger partial charge in [-0.1, -0.05) is 29.8 Å². The Kier molecular flexibility index (Phi) is 6.50. The zero-order valence-electron chi connectivity index (χ0n) is 15.1. The second-order valence-electron chi connectivity index (χ2n) is 6.28. The number of halogens is 1. The van der Waals surface area contributed by atoms with Gasteiger partial charge < -0.3 is 5.32 Å². The van der Waals surface area contributed by atoms with Gasteiger partial charge in [-0.25, -0.2) is 17.5 Å². The van der Waals surface area contributed by atoms with Crippen LogP contribution in [0.5, 0.6) is 0 Å². The van der Waals surface area contributed by atoms with E-state index in [1.54, 1.807) is 26.0 Å². The van der Waals surface area contributed by atoms with Crippen molar-refractivity contribution in [2.75, 3.05) is 6.54 Å². The average Bonchev–Trinajstić information content (AvgIpc) is 2.52. The summed E-state index contributed by atoms with van der Waals surface area (Å²) in [5.74, 6) is -0.620. The summed E-state index contributed by atoms with van der Waals surface area (Å²) >= 11 is 0. The Morgan fingerprint density at radius 1 is 1.04 bits per heavy atom. The van der Waals surface area contributed by atoms with Gasteiger partial charge in [0.1, 0.15) is 5.82 Å². The first kappa shape index (κ1) is 20.1. The standard InChI is InChI=1S/C19H23FN2O3S/c1-13-10-14(2)19(15(3)11-13)26(24,25)22-9-8-18(23)21-12-16-4-6-17(20)7-5-16/h4-7,10-11,22H,8-9,12H2,1-3H3,(H,21,23). The zero-order valence-corrected chi connectivity index (χ0v) is 15.9. The van der Waals surface area contributed by atoms with Crippen molar-refractivity contribution >= 4 is 15.9 Å². The lowest BCUT2D eigenvalue weighted by Gasteiger charge is -2.13. The van der Waals surface area contributed by atoms with Crippen molar-refractivity contribution in [3.05, 3.63) is 64.5 Å². The van der Waals surface area contributed by atoms with Crippen LogP contribution < -0.4 is 10.0 Å². The number of sulfonamides is 1. The lowest BCUT2D eigenvalue weighted by Crippen LogP contribution is -2.31. The lowest BCUT2D eigenvalue weighted by molar-refractivity contribution is -0.121. The number of nitrogens with one attached hydrogen (secondary N) is 2. The topological polar surface area (TPSA) is 75.3 Å². The second-order valence-corrected chi connectivity index (χ2v) is 7.98. The van der Waals surface area contributed by atoms with Crippen molar-refractivity contribution < 1.29 is 17.6 Å². The molecule has 0 radical (unpaired) electrons. The van der Waals surface area contributed by atoms with Crippen LogP contribution in [0.3, 0.4) is 0 Å². The molecule has 0 unspecified atom stereocenters. The summed E-state index contributed by atoms with van der Waals surface area (Å²) in [6.07, 6.45) is 0.0182. The van der Waals surface area contributed by atoms with Crippen LogP contribution >= 0.6 is 0 Å². The Morgan fingerprint density at radius 3 is 2.19 bits per heavy atom. The summed E-state index contributed by atoms with van der Waals surface area (Å²) in [4.78, 5) is 12.1. The van der Waals surface area contributed by atoms with Crippen molar-refractivity contribution in [3.63, 3.8) is 0 Å². The molecule has 1 amide bonds. The minimum atomic E-state index is -3.68. The molecule has 2 rings (SSSR count). The molecule has 0 spiro atoms. The van der Waals surface area contributed by atoms with E-state index in [0.717, 1.165) is 11.1 Å². The van der Waals surface area contributed by atoms with E-state index in [9.17, 15) is 17.6 Å². The smallest absolute Gasteiger partial charge is 0.241 e. The predicted octanol–water partition coefficient (Wildman–Crippen LogP) is 2.74. The van der Waals surface area contributed by atoms with Crippen LogP contribution in [0.4, 0.5) is 4.39 Å². The average molecular weight is 378 g/mol. The first-order valence-electron chi connectivity index (χ1n) is 8.27. The molecule has 0 atom stereocenters. The highest BCUT2D eigenvalue weighted by Gasteiger charge is 2.19. The van der Waals surface area contributed by atoms with Crippen molar-refractivity contribution in [1.29, 1.82) is 0 Å². The summed E-state index contributed by atoms with van der Waals surface area (Å²) in [5.41, 5.74) is 3.12.